The first-order valence-corrected chi connectivity index (χ1v) is 12.3. The van der Waals surface area contributed by atoms with Crippen LogP contribution in [0, 0.1) is 0 Å². The molecule has 0 radical (unpaired) electrons. The Kier molecular flexibility index (Phi) is 8.36. The molecule has 1 heterocycles. The predicted molar refractivity (Wildman–Crippen MR) is 122 cm³/mol. The van der Waals surface area contributed by atoms with Crippen LogP contribution in [0.25, 0.3) is 0 Å². The third-order valence-corrected chi connectivity index (χ3v) is 8.21. The highest BCUT2D eigenvalue weighted by Crippen LogP contribution is 2.27. The van der Waals surface area contributed by atoms with E-state index in [9.17, 15) is 13.2 Å². The molecule has 1 amide bonds. The quantitative estimate of drug-likeness (QED) is 0.525. The smallest absolute Gasteiger partial charge is 0.218 e. The Hall–Kier alpha value is -2.07. The molecule has 1 saturated heterocycles. The second-order valence-electron chi connectivity index (χ2n) is 7.44. The number of ether oxygens (including phenoxy) is 2. The zero-order valence-electron chi connectivity index (χ0n) is 17.2. The highest BCUT2D eigenvalue weighted by atomic mass is 32.2. The third-order valence-electron chi connectivity index (χ3n) is 5.24. The number of nitrogens with two attached hydrogens (primary N) is 1. The predicted octanol–water partition coefficient (Wildman–Crippen LogP) is 2.86. The van der Waals surface area contributed by atoms with Crippen LogP contribution in [0.4, 0.5) is 0 Å². The van der Waals surface area contributed by atoms with Crippen LogP contribution in [-0.2, 0) is 19.4 Å². The Labute approximate surface area is 188 Å². The van der Waals surface area contributed by atoms with Crippen molar-refractivity contribution in [2.24, 2.45) is 5.73 Å². The number of carbonyl (C=O) groups excluding carboxylic acids is 1. The van der Waals surface area contributed by atoms with E-state index in [1.165, 1.54) is 12.1 Å². The normalized spacial score (nSPS) is 17.1. The molecule has 0 aliphatic carbocycles. The monoisotopic (exact) mass is 464 g/mol. The number of nitrogens with zero attached hydrogens (tertiary/aromatic N) is 1. The largest absolute Gasteiger partial charge is 0.457 e. The summed E-state index contributed by atoms with van der Waals surface area (Å²) >= 11 is 4.38. The van der Waals surface area contributed by atoms with Gasteiger partial charge in [0.15, 0.2) is 9.84 Å². The van der Waals surface area contributed by atoms with Gasteiger partial charge in [-0.05, 0) is 49.2 Å². The lowest BCUT2D eigenvalue weighted by molar-refractivity contribution is -0.119. The van der Waals surface area contributed by atoms with Crippen LogP contribution < -0.4 is 10.5 Å². The van der Waals surface area contributed by atoms with Crippen molar-refractivity contribution in [3.8, 4) is 11.5 Å². The lowest BCUT2D eigenvalue weighted by Crippen LogP contribution is -2.45. The van der Waals surface area contributed by atoms with Gasteiger partial charge in [-0.3, -0.25) is 9.69 Å². The van der Waals surface area contributed by atoms with Gasteiger partial charge in [0.25, 0.3) is 0 Å². The van der Waals surface area contributed by atoms with E-state index in [4.69, 9.17) is 15.2 Å². The summed E-state index contributed by atoms with van der Waals surface area (Å²) in [6.45, 7) is 2.58. The summed E-state index contributed by atoms with van der Waals surface area (Å²) in [5.74, 6) is 0.826. The maximum absolute atomic E-state index is 13.0. The fraction of sp³-hybridized carbons (Fsp3) is 0.409. The van der Waals surface area contributed by atoms with Gasteiger partial charge in [-0.15, -0.1) is 0 Å². The number of carbonyl (C=O) groups is 1. The minimum absolute atomic E-state index is 0.118. The molecule has 7 nitrogen and oxygen atoms in total. The molecule has 1 fully saturated rings. The summed E-state index contributed by atoms with van der Waals surface area (Å²) in [4.78, 5) is 13.8. The van der Waals surface area contributed by atoms with Crippen molar-refractivity contribution in [2.75, 3.05) is 26.3 Å². The molecule has 9 heteroatoms. The Balaban J connectivity index is 1.62. The first kappa shape index (κ1) is 23.6. The van der Waals surface area contributed by atoms with E-state index in [2.05, 4.69) is 17.5 Å². The lowest BCUT2D eigenvalue weighted by Gasteiger charge is -2.34. The van der Waals surface area contributed by atoms with Crippen LogP contribution in [0.1, 0.15) is 19.3 Å². The van der Waals surface area contributed by atoms with Gasteiger partial charge in [0.2, 0.25) is 5.91 Å². The standard InChI is InChI=1S/C22H28N2O5S2/c23-21(25)16-17(24-12-14-28-15-13-24)6-11-22(30)31(26,27)20-9-7-19(8-10-20)29-18-4-2-1-3-5-18/h1-5,7-10,17,22,30H,6,11-16H2,(H2,23,25). The Morgan fingerprint density at radius 3 is 2.26 bits per heavy atom. The molecule has 168 valence electrons. The van der Waals surface area contributed by atoms with Crippen LogP contribution in [0.3, 0.4) is 0 Å². The van der Waals surface area contributed by atoms with Gasteiger partial charge >= 0.3 is 0 Å². The molecule has 0 aromatic heterocycles. The third kappa shape index (κ3) is 6.70. The van der Waals surface area contributed by atoms with Crippen LogP contribution >= 0.6 is 12.6 Å². The van der Waals surface area contributed by atoms with Crippen LogP contribution in [0.5, 0.6) is 11.5 Å². The first-order chi connectivity index (χ1) is 14.9. The maximum atomic E-state index is 13.0. The first-order valence-electron chi connectivity index (χ1n) is 10.2. The molecule has 0 bridgehead atoms. The average Bonchev–Trinajstić information content (AvgIpc) is 2.78. The zero-order chi connectivity index (χ0) is 22.3. The van der Waals surface area contributed by atoms with Gasteiger partial charge in [0.1, 0.15) is 16.1 Å². The van der Waals surface area contributed by atoms with Crippen LogP contribution in [-0.4, -0.2) is 56.2 Å². The van der Waals surface area contributed by atoms with E-state index in [1.807, 2.05) is 30.3 Å². The maximum Gasteiger partial charge on any atom is 0.218 e. The molecule has 2 atom stereocenters. The molecule has 2 aromatic rings. The minimum Gasteiger partial charge on any atom is -0.457 e. The second kappa shape index (κ2) is 11.0. The molecular weight excluding hydrogens is 436 g/mol. The van der Waals surface area contributed by atoms with Crippen molar-refractivity contribution in [1.82, 2.24) is 4.90 Å². The molecule has 1 aliphatic rings. The zero-order valence-corrected chi connectivity index (χ0v) is 18.9. The highest BCUT2D eigenvalue weighted by molar-refractivity contribution is 8.04. The molecule has 2 N–H and O–H groups in total. The fourth-order valence-corrected chi connectivity index (χ4v) is 5.35. The number of amides is 1. The van der Waals surface area contributed by atoms with E-state index in [1.54, 1.807) is 12.1 Å². The second-order valence-corrected chi connectivity index (χ2v) is 10.5. The number of thiol groups is 1. The number of morpholine rings is 1. The van der Waals surface area contributed by atoms with Crippen LogP contribution in [0.2, 0.25) is 0 Å². The topological polar surface area (TPSA) is 98.9 Å². The number of hydrogen-bond acceptors (Lipinski definition) is 7. The van der Waals surface area contributed by atoms with E-state index >= 15 is 0 Å². The summed E-state index contributed by atoms with van der Waals surface area (Å²) in [7, 11) is -3.63. The van der Waals surface area contributed by atoms with Gasteiger partial charge in [-0.25, -0.2) is 8.42 Å². The number of para-hydroxylation sites is 1. The summed E-state index contributed by atoms with van der Waals surface area (Å²) in [5, 5.41) is 0. The average molecular weight is 465 g/mol. The Bertz CT molecular complexity index is 946. The van der Waals surface area contributed by atoms with Crippen molar-refractivity contribution < 1.29 is 22.7 Å². The van der Waals surface area contributed by atoms with Crippen molar-refractivity contribution in [1.29, 1.82) is 0 Å². The van der Waals surface area contributed by atoms with Gasteiger partial charge in [-0.1, -0.05) is 18.2 Å². The van der Waals surface area contributed by atoms with Crippen molar-refractivity contribution in [3.05, 3.63) is 54.6 Å². The minimum atomic E-state index is -3.63. The fourth-order valence-electron chi connectivity index (χ4n) is 3.56. The summed E-state index contributed by atoms with van der Waals surface area (Å²) in [6, 6.07) is 15.5. The highest BCUT2D eigenvalue weighted by Gasteiger charge is 2.28. The van der Waals surface area contributed by atoms with Gasteiger partial charge in [0, 0.05) is 25.6 Å². The molecule has 0 spiro atoms. The van der Waals surface area contributed by atoms with E-state index in [0.29, 0.717) is 50.6 Å². The molecule has 1 aliphatic heterocycles. The summed E-state index contributed by atoms with van der Waals surface area (Å²) in [6.07, 6.45) is 1.00. The number of hydrogen-bond donors (Lipinski definition) is 2. The molecule has 0 saturated carbocycles. The molecule has 2 unspecified atom stereocenters. The lowest BCUT2D eigenvalue weighted by atomic mass is 10.1. The van der Waals surface area contributed by atoms with E-state index in [-0.39, 0.29) is 17.4 Å². The number of rotatable bonds is 10. The van der Waals surface area contributed by atoms with Gasteiger partial charge in [0.05, 0.1) is 18.1 Å². The Morgan fingerprint density at radius 2 is 1.65 bits per heavy atom. The van der Waals surface area contributed by atoms with E-state index in [0.717, 1.165) is 0 Å². The molecule has 31 heavy (non-hydrogen) atoms. The number of benzene rings is 2. The van der Waals surface area contributed by atoms with E-state index < -0.39 is 20.3 Å². The van der Waals surface area contributed by atoms with Crippen molar-refractivity contribution >= 4 is 28.4 Å². The number of primary amides is 1. The molecule has 2 aromatic carbocycles. The van der Waals surface area contributed by atoms with Crippen LogP contribution in [0.15, 0.2) is 59.5 Å². The summed E-state index contributed by atoms with van der Waals surface area (Å²) < 4.78 is 36.1. The summed E-state index contributed by atoms with van der Waals surface area (Å²) in [5.41, 5.74) is 5.41. The van der Waals surface area contributed by atoms with Gasteiger partial charge in [-0.2, -0.15) is 12.6 Å². The molecule has 3 rings (SSSR count). The number of sulfone groups is 1. The van der Waals surface area contributed by atoms with Crippen molar-refractivity contribution in [3.63, 3.8) is 0 Å². The van der Waals surface area contributed by atoms with Crippen molar-refractivity contribution in [2.45, 2.75) is 34.8 Å². The Morgan fingerprint density at radius 1 is 1.03 bits per heavy atom. The SMILES string of the molecule is NC(=O)CC(CCC(S)S(=O)(=O)c1ccc(Oc2ccccc2)cc1)N1CCOCC1. The van der Waals surface area contributed by atoms with Gasteiger partial charge < -0.3 is 15.2 Å². The molecular formula is C22H28N2O5S2.